The predicted molar refractivity (Wildman–Crippen MR) is 125 cm³/mol. The molecule has 0 bridgehead atoms. The van der Waals surface area contributed by atoms with Crippen LogP contribution in [-0.2, 0) is 0 Å². The first kappa shape index (κ1) is 22.3. The number of pyridine rings is 1. The number of likely N-dealkylation sites (N-methyl/N-ethyl adjacent to an activating group) is 1. The number of carbonyl (C=O) groups excluding carboxylic acids is 1. The number of aliphatic hydroxyl groups is 1. The summed E-state index contributed by atoms with van der Waals surface area (Å²) in [6, 6.07) is 1.47. The molecule has 2 fully saturated rings. The topological polar surface area (TPSA) is 113 Å². The van der Waals surface area contributed by atoms with Crippen LogP contribution in [0.4, 0.5) is 15.1 Å². The number of anilines is 1. The summed E-state index contributed by atoms with van der Waals surface area (Å²) < 4.78 is 16.2. The molecule has 0 radical (unpaired) electrons. The van der Waals surface area contributed by atoms with Crippen LogP contribution in [0.3, 0.4) is 0 Å². The molecule has 1 saturated carbocycles. The molecule has 0 spiro atoms. The zero-order valence-corrected chi connectivity index (χ0v) is 19.1. The Morgan fingerprint density at radius 1 is 1.24 bits per heavy atom. The fourth-order valence-corrected chi connectivity index (χ4v) is 4.20. The Balaban J connectivity index is 1.61. The maximum Gasteiger partial charge on any atom is 0.328 e. The van der Waals surface area contributed by atoms with E-state index in [0.29, 0.717) is 35.2 Å². The average molecular weight is 464 g/mol. The Labute approximate surface area is 196 Å². The van der Waals surface area contributed by atoms with Crippen molar-refractivity contribution in [2.24, 2.45) is 5.92 Å². The third-order valence-corrected chi connectivity index (χ3v) is 6.50. The van der Waals surface area contributed by atoms with E-state index in [1.807, 2.05) is 7.05 Å². The Morgan fingerprint density at radius 3 is 2.68 bits per heavy atom. The second-order valence-electron chi connectivity index (χ2n) is 9.17. The van der Waals surface area contributed by atoms with E-state index < -0.39 is 11.4 Å². The van der Waals surface area contributed by atoms with Crippen LogP contribution < -0.4 is 5.73 Å². The van der Waals surface area contributed by atoms with Gasteiger partial charge in [0.05, 0.1) is 17.9 Å². The number of rotatable bonds is 2. The van der Waals surface area contributed by atoms with Crippen molar-refractivity contribution >= 4 is 22.9 Å². The Bertz CT molecular complexity index is 1330. The molecule has 176 valence electrons. The normalized spacial score (nSPS) is 18.4. The van der Waals surface area contributed by atoms with Crippen LogP contribution >= 0.6 is 0 Å². The van der Waals surface area contributed by atoms with E-state index >= 15 is 0 Å². The number of nitrogens with zero attached hydrogens (tertiary/aromatic N) is 6. The number of piperazine rings is 1. The highest BCUT2D eigenvalue weighted by molar-refractivity contribution is 6.01. The number of hydrogen-bond acceptors (Lipinski definition) is 7. The van der Waals surface area contributed by atoms with Crippen LogP contribution in [0.25, 0.3) is 22.2 Å². The molecule has 2 aliphatic rings. The van der Waals surface area contributed by atoms with E-state index in [4.69, 9.17) is 5.73 Å². The number of halogens is 1. The van der Waals surface area contributed by atoms with Crippen LogP contribution in [0.5, 0.6) is 0 Å². The lowest BCUT2D eigenvalue weighted by atomic mass is 10.0. The quantitative estimate of drug-likeness (QED) is 0.559. The van der Waals surface area contributed by atoms with E-state index in [1.165, 1.54) is 4.57 Å². The van der Waals surface area contributed by atoms with Crippen molar-refractivity contribution in [3.63, 3.8) is 0 Å². The lowest BCUT2D eigenvalue weighted by Crippen LogP contribution is -2.48. The minimum Gasteiger partial charge on any atom is -0.378 e. The first-order valence-corrected chi connectivity index (χ1v) is 11.3. The van der Waals surface area contributed by atoms with Gasteiger partial charge in [0.1, 0.15) is 17.0 Å². The highest BCUT2D eigenvalue weighted by Crippen LogP contribution is 2.39. The van der Waals surface area contributed by atoms with Crippen molar-refractivity contribution < 1.29 is 14.3 Å². The highest BCUT2D eigenvalue weighted by atomic mass is 19.1. The van der Waals surface area contributed by atoms with E-state index in [9.17, 15) is 14.3 Å². The van der Waals surface area contributed by atoms with Gasteiger partial charge in [-0.3, -0.25) is 4.57 Å². The molecule has 0 aromatic carbocycles. The van der Waals surface area contributed by atoms with Crippen molar-refractivity contribution in [1.29, 1.82) is 0 Å². The number of amides is 1. The Morgan fingerprint density at radius 2 is 1.97 bits per heavy atom. The molecule has 5 rings (SSSR count). The van der Waals surface area contributed by atoms with Crippen molar-refractivity contribution in [3.05, 3.63) is 36.2 Å². The maximum atomic E-state index is 14.7. The van der Waals surface area contributed by atoms with Gasteiger partial charge in [0.2, 0.25) is 5.95 Å². The summed E-state index contributed by atoms with van der Waals surface area (Å²) in [5, 5.41) is 11.1. The first-order valence-electron chi connectivity index (χ1n) is 11.3. The predicted octanol–water partition coefficient (Wildman–Crippen LogP) is 1.94. The number of nitrogen functional groups attached to an aromatic ring is 1. The molecule has 4 heterocycles. The zero-order valence-electron chi connectivity index (χ0n) is 19.1. The van der Waals surface area contributed by atoms with Crippen LogP contribution in [0.2, 0.25) is 0 Å². The first-order chi connectivity index (χ1) is 16.2. The van der Waals surface area contributed by atoms with Crippen LogP contribution in [0, 0.1) is 23.6 Å². The highest BCUT2D eigenvalue weighted by Gasteiger charge is 2.38. The van der Waals surface area contributed by atoms with Gasteiger partial charge >= 0.3 is 6.03 Å². The maximum absolute atomic E-state index is 14.7. The summed E-state index contributed by atoms with van der Waals surface area (Å²) >= 11 is 0. The van der Waals surface area contributed by atoms with Crippen LogP contribution in [0.15, 0.2) is 24.7 Å². The van der Waals surface area contributed by atoms with Crippen molar-refractivity contribution in [2.45, 2.75) is 25.4 Å². The molecule has 1 unspecified atom stereocenters. The van der Waals surface area contributed by atoms with Crippen LogP contribution in [-0.4, -0.2) is 79.3 Å². The molecule has 1 saturated heterocycles. The van der Waals surface area contributed by atoms with Crippen molar-refractivity contribution in [3.8, 4) is 23.1 Å². The molecule has 3 aromatic heterocycles. The fourth-order valence-electron chi connectivity index (χ4n) is 4.20. The van der Waals surface area contributed by atoms with Gasteiger partial charge < -0.3 is 20.6 Å². The second-order valence-corrected chi connectivity index (χ2v) is 9.17. The van der Waals surface area contributed by atoms with Gasteiger partial charge in [-0.25, -0.2) is 24.1 Å². The molecule has 1 aliphatic carbocycles. The third kappa shape index (κ3) is 4.20. The smallest absolute Gasteiger partial charge is 0.328 e. The van der Waals surface area contributed by atoms with E-state index in [0.717, 1.165) is 32.1 Å². The standard InChI is InChI=1S/C24H26FN7O2/c1-24(34,15-3-4-15)6-5-16-11-17-18(21-19(25)12-28-22(26)29-21)14-32(20(17)13-27-16)23(33)31-9-7-30(2)8-10-31/h11-15,34H,3-4,7-10H2,1-2H3,(H2,26,28,29). The zero-order chi connectivity index (χ0) is 24.0. The summed E-state index contributed by atoms with van der Waals surface area (Å²) in [6.45, 7) is 4.42. The van der Waals surface area contributed by atoms with Gasteiger partial charge in [0.25, 0.3) is 0 Å². The Kier molecular flexibility index (Phi) is 5.46. The molecular formula is C24H26FN7O2. The number of fused-ring (bicyclic) bond motifs is 1. The Hall–Kier alpha value is -3.55. The minimum absolute atomic E-state index is 0.00230. The summed E-state index contributed by atoms with van der Waals surface area (Å²) in [5.41, 5.74) is 5.94. The second kappa shape index (κ2) is 8.34. The summed E-state index contributed by atoms with van der Waals surface area (Å²) in [7, 11) is 2.01. The van der Waals surface area contributed by atoms with Crippen molar-refractivity contribution in [1.82, 2.24) is 29.3 Å². The number of carbonyl (C=O) groups is 1. The number of nitrogens with two attached hydrogens (primary N) is 1. The van der Waals surface area contributed by atoms with E-state index in [1.54, 1.807) is 30.3 Å². The number of hydrogen-bond donors (Lipinski definition) is 2. The SMILES string of the molecule is CN1CCN(C(=O)n2cc(-c3nc(N)ncc3F)c3cc(C#CC(C)(O)C4CC4)ncc32)CC1. The third-order valence-electron chi connectivity index (χ3n) is 6.50. The average Bonchev–Trinajstić information content (AvgIpc) is 3.62. The minimum atomic E-state index is -1.09. The number of aromatic nitrogens is 4. The molecule has 10 heteroatoms. The largest absolute Gasteiger partial charge is 0.378 e. The molecule has 1 aliphatic heterocycles. The molecular weight excluding hydrogens is 437 g/mol. The van der Waals surface area contributed by atoms with Gasteiger partial charge in [0.15, 0.2) is 5.82 Å². The van der Waals surface area contributed by atoms with Gasteiger partial charge in [-0.1, -0.05) is 5.92 Å². The van der Waals surface area contributed by atoms with Gasteiger partial charge in [-0.2, -0.15) is 0 Å². The lowest BCUT2D eigenvalue weighted by Gasteiger charge is -2.32. The molecule has 1 amide bonds. The summed E-state index contributed by atoms with van der Waals surface area (Å²) in [6.07, 6.45) is 6.02. The summed E-state index contributed by atoms with van der Waals surface area (Å²) in [5.74, 6) is 5.28. The van der Waals surface area contributed by atoms with E-state index in [-0.39, 0.29) is 23.6 Å². The fraction of sp³-hybridized carbons (Fsp3) is 0.417. The monoisotopic (exact) mass is 463 g/mol. The summed E-state index contributed by atoms with van der Waals surface area (Å²) in [4.78, 5) is 29.5. The lowest BCUT2D eigenvalue weighted by molar-refractivity contribution is 0.0980. The molecule has 1 atom stereocenters. The molecule has 34 heavy (non-hydrogen) atoms. The van der Waals surface area contributed by atoms with Gasteiger partial charge in [-0.15, -0.1) is 0 Å². The van der Waals surface area contributed by atoms with Gasteiger partial charge in [-0.05, 0) is 44.7 Å². The van der Waals surface area contributed by atoms with E-state index in [2.05, 4.69) is 31.7 Å². The van der Waals surface area contributed by atoms with Crippen molar-refractivity contribution in [2.75, 3.05) is 39.0 Å². The molecule has 3 N–H and O–H groups in total. The molecule has 9 nitrogen and oxygen atoms in total. The molecule has 3 aromatic rings. The van der Waals surface area contributed by atoms with Gasteiger partial charge in [0, 0.05) is 43.3 Å². The van der Waals surface area contributed by atoms with Crippen LogP contribution in [0.1, 0.15) is 25.5 Å².